The Balaban J connectivity index is 1.55. The highest BCUT2D eigenvalue weighted by Crippen LogP contribution is 2.34. The number of hydrogen-bond donors (Lipinski definition) is 1. The van der Waals surface area contributed by atoms with Gasteiger partial charge >= 0.3 is 0 Å². The fourth-order valence-electron chi connectivity index (χ4n) is 1.85. The second-order valence-corrected chi connectivity index (χ2v) is 5.57. The highest BCUT2D eigenvalue weighted by molar-refractivity contribution is 7.99. The first-order valence-electron chi connectivity index (χ1n) is 6.46. The molecule has 2 aromatic rings. The number of amides is 1. The number of thioether (sulfide) groups is 1. The zero-order valence-corrected chi connectivity index (χ0v) is 12.3. The van der Waals surface area contributed by atoms with Crippen molar-refractivity contribution in [2.24, 2.45) is 0 Å². The van der Waals surface area contributed by atoms with Gasteiger partial charge < -0.3 is 14.8 Å². The van der Waals surface area contributed by atoms with Crippen LogP contribution >= 0.6 is 11.8 Å². The summed E-state index contributed by atoms with van der Waals surface area (Å²) in [6, 6.07) is 9.22. The number of rotatable bonds is 4. The van der Waals surface area contributed by atoms with Crippen LogP contribution in [-0.4, -0.2) is 23.4 Å². The van der Waals surface area contributed by atoms with Crippen LogP contribution in [0.2, 0.25) is 0 Å². The number of hydrogen-bond acceptors (Lipinski definition) is 5. The number of pyridine rings is 1. The number of carbonyl (C=O) groups is 1. The molecule has 0 aliphatic carbocycles. The molecule has 1 amide bonds. The molecule has 3 rings (SSSR count). The van der Waals surface area contributed by atoms with E-state index in [0.29, 0.717) is 22.9 Å². The Hall–Kier alpha value is -2.21. The second-order valence-electron chi connectivity index (χ2n) is 4.58. The van der Waals surface area contributed by atoms with Gasteiger partial charge in [-0.15, -0.1) is 0 Å². The van der Waals surface area contributed by atoms with Crippen molar-refractivity contribution in [3.63, 3.8) is 0 Å². The van der Waals surface area contributed by atoms with Crippen molar-refractivity contribution >= 4 is 23.4 Å². The monoisotopic (exact) mass is 302 g/mol. The van der Waals surface area contributed by atoms with E-state index in [4.69, 9.17) is 9.47 Å². The van der Waals surface area contributed by atoms with E-state index in [0.717, 1.165) is 10.6 Å². The summed E-state index contributed by atoms with van der Waals surface area (Å²) < 4.78 is 10.5. The predicted octanol–water partition coefficient (Wildman–Crippen LogP) is 2.85. The minimum atomic E-state index is -0.0822. The molecule has 1 aliphatic rings. The van der Waals surface area contributed by atoms with Gasteiger partial charge in [0.05, 0.1) is 10.8 Å². The molecule has 0 saturated carbocycles. The first-order chi connectivity index (χ1) is 10.2. The van der Waals surface area contributed by atoms with Crippen LogP contribution in [0.3, 0.4) is 0 Å². The summed E-state index contributed by atoms with van der Waals surface area (Å²) in [6.07, 6.45) is 1.79. The molecule has 108 valence electrons. The van der Waals surface area contributed by atoms with Crippen LogP contribution in [-0.2, 0) is 4.79 Å². The van der Waals surface area contributed by atoms with E-state index in [1.165, 1.54) is 11.8 Å². The summed E-state index contributed by atoms with van der Waals surface area (Å²) in [5.41, 5.74) is 1.80. The van der Waals surface area contributed by atoms with E-state index in [-0.39, 0.29) is 12.7 Å². The summed E-state index contributed by atoms with van der Waals surface area (Å²) in [7, 11) is 0. The van der Waals surface area contributed by atoms with Gasteiger partial charge in [-0.2, -0.15) is 0 Å². The zero-order chi connectivity index (χ0) is 14.7. The third kappa shape index (κ3) is 3.46. The van der Waals surface area contributed by atoms with Crippen molar-refractivity contribution in [3.8, 4) is 11.5 Å². The van der Waals surface area contributed by atoms with Gasteiger partial charge in [-0.1, -0.05) is 17.8 Å². The lowest BCUT2D eigenvalue weighted by atomic mass is 10.3. The van der Waals surface area contributed by atoms with Gasteiger partial charge in [0, 0.05) is 18.0 Å². The molecule has 0 spiro atoms. The molecule has 0 radical (unpaired) electrons. The summed E-state index contributed by atoms with van der Waals surface area (Å²) >= 11 is 1.40. The van der Waals surface area contributed by atoms with Gasteiger partial charge in [-0.05, 0) is 30.7 Å². The molecular weight excluding hydrogens is 288 g/mol. The summed E-state index contributed by atoms with van der Waals surface area (Å²) in [5.74, 6) is 1.58. The van der Waals surface area contributed by atoms with E-state index in [1.807, 2.05) is 19.1 Å². The van der Waals surface area contributed by atoms with Crippen molar-refractivity contribution in [2.75, 3.05) is 17.9 Å². The van der Waals surface area contributed by atoms with Gasteiger partial charge in [-0.3, -0.25) is 4.79 Å². The first-order valence-corrected chi connectivity index (χ1v) is 7.44. The molecule has 1 N–H and O–H groups in total. The summed E-state index contributed by atoms with van der Waals surface area (Å²) in [4.78, 5) is 16.2. The quantitative estimate of drug-likeness (QED) is 0.880. The molecular formula is C15H14N2O3S. The van der Waals surface area contributed by atoms with Crippen molar-refractivity contribution in [2.45, 2.75) is 11.9 Å². The lowest BCUT2D eigenvalue weighted by Crippen LogP contribution is -2.14. The fraction of sp³-hybridized carbons (Fsp3) is 0.200. The van der Waals surface area contributed by atoms with E-state index in [9.17, 15) is 4.79 Å². The molecule has 1 aliphatic heterocycles. The number of nitrogens with one attached hydrogen (secondary N) is 1. The molecule has 21 heavy (non-hydrogen) atoms. The number of fused-ring (bicyclic) bond motifs is 1. The number of aromatic nitrogens is 1. The highest BCUT2D eigenvalue weighted by Gasteiger charge is 2.14. The molecule has 5 nitrogen and oxygen atoms in total. The van der Waals surface area contributed by atoms with Crippen LogP contribution in [0.1, 0.15) is 5.56 Å². The Morgan fingerprint density at radius 3 is 2.95 bits per heavy atom. The lowest BCUT2D eigenvalue weighted by molar-refractivity contribution is -0.113. The molecule has 6 heteroatoms. The van der Waals surface area contributed by atoms with Gasteiger partial charge in [0.2, 0.25) is 12.7 Å². The maximum atomic E-state index is 11.9. The Labute approximate surface area is 126 Å². The number of ether oxygens (including phenoxy) is 2. The number of aryl methyl sites for hydroxylation is 1. The molecule has 0 bridgehead atoms. The minimum absolute atomic E-state index is 0.0822. The second kappa shape index (κ2) is 6.05. The minimum Gasteiger partial charge on any atom is -0.454 e. The van der Waals surface area contributed by atoms with E-state index in [1.54, 1.807) is 24.4 Å². The Morgan fingerprint density at radius 1 is 1.29 bits per heavy atom. The van der Waals surface area contributed by atoms with E-state index >= 15 is 0 Å². The van der Waals surface area contributed by atoms with Crippen LogP contribution < -0.4 is 14.8 Å². The number of carbonyl (C=O) groups excluding carboxylic acids is 1. The van der Waals surface area contributed by atoms with E-state index in [2.05, 4.69) is 10.3 Å². The third-order valence-electron chi connectivity index (χ3n) is 2.89. The Morgan fingerprint density at radius 2 is 2.14 bits per heavy atom. The van der Waals surface area contributed by atoms with Crippen molar-refractivity contribution in [1.82, 2.24) is 4.98 Å². The molecule has 0 atom stereocenters. The van der Waals surface area contributed by atoms with Gasteiger partial charge in [-0.25, -0.2) is 4.98 Å². The van der Waals surface area contributed by atoms with Crippen LogP contribution in [0.25, 0.3) is 0 Å². The average molecular weight is 302 g/mol. The lowest BCUT2D eigenvalue weighted by Gasteiger charge is -2.06. The molecule has 1 aromatic heterocycles. The average Bonchev–Trinajstić information content (AvgIpc) is 2.94. The SMILES string of the molecule is Cc1ccc(SCC(=O)Nc2ccc3c(c2)OCO3)nc1. The fourth-order valence-corrected chi connectivity index (χ4v) is 2.49. The topological polar surface area (TPSA) is 60.5 Å². The van der Waals surface area contributed by atoms with E-state index < -0.39 is 0 Å². The number of benzene rings is 1. The Kier molecular flexibility index (Phi) is 3.96. The Bertz CT molecular complexity index is 658. The van der Waals surface area contributed by atoms with Crippen LogP contribution in [0.4, 0.5) is 5.69 Å². The standard InChI is InChI=1S/C15H14N2O3S/c1-10-2-5-15(16-7-10)21-8-14(18)17-11-3-4-12-13(6-11)20-9-19-12/h2-7H,8-9H2,1H3,(H,17,18). The first kappa shape index (κ1) is 13.8. The van der Waals surface area contributed by atoms with Crippen LogP contribution in [0.15, 0.2) is 41.6 Å². The van der Waals surface area contributed by atoms with Gasteiger partial charge in [0.15, 0.2) is 11.5 Å². The molecule has 0 saturated heterocycles. The smallest absolute Gasteiger partial charge is 0.234 e. The van der Waals surface area contributed by atoms with Crippen LogP contribution in [0.5, 0.6) is 11.5 Å². The number of nitrogens with zero attached hydrogens (tertiary/aromatic N) is 1. The highest BCUT2D eigenvalue weighted by atomic mass is 32.2. The summed E-state index contributed by atoms with van der Waals surface area (Å²) in [5, 5.41) is 3.66. The summed E-state index contributed by atoms with van der Waals surface area (Å²) in [6.45, 7) is 2.20. The maximum absolute atomic E-state index is 11.9. The normalized spacial score (nSPS) is 12.2. The predicted molar refractivity (Wildman–Crippen MR) is 80.9 cm³/mol. The molecule has 1 aromatic carbocycles. The largest absolute Gasteiger partial charge is 0.454 e. The zero-order valence-electron chi connectivity index (χ0n) is 11.5. The molecule has 2 heterocycles. The van der Waals surface area contributed by atoms with Crippen molar-refractivity contribution < 1.29 is 14.3 Å². The number of anilines is 1. The van der Waals surface area contributed by atoms with Crippen molar-refractivity contribution in [1.29, 1.82) is 0 Å². The van der Waals surface area contributed by atoms with Crippen LogP contribution in [0, 0.1) is 6.92 Å². The maximum Gasteiger partial charge on any atom is 0.234 e. The molecule has 0 unspecified atom stereocenters. The van der Waals surface area contributed by atoms with Crippen molar-refractivity contribution in [3.05, 3.63) is 42.1 Å². The van der Waals surface area contributed by atoms with Gasteiger partial charge in [0.1, 0.15) is 0 Å². The van der Waals surface area contributed by atoms with Gasteiger partial charge in [0.25, 0.3) is 0 Å². The molecule has 0 fully saturated rings. The third-order valence-corrected chi connectivity index (χ3v) is 3.84.